The van der Waals surface area contributed by atoms with Crippen molar-refractivity contribution >= 4 is 17.9 Å². The lowest BCUT2D eigenvalue weighted by atomic mass is 10.0. The highest BCUT2D eigenvalue weighted by Gasteiger charge is 2.19. The predicted molar refractivity (Wildman–Crippen MR) is 349 cm³/mol. The summed E-state index contributed by atoms with van der Waals surface area (Å²) < 4.78 is 16.9. The van der Waals surface area contributed by atoms with Crippen LogP contribution in [0, 0.1) is 0 Å². The van der Waals surface area contributed by atoms with E-state index in [0.29, 0.717) is 19.3 Å². The van der Waals surface area contributed by atoms with E-state index in [-0.39, 0.29) is 31.1 Å². The quantitative estimate of drug-likeness (QED) is 0.0261. The van der Waals surface area contributed by atoms with Crippen LogP contribution in [-0.2, 0) is 28.6 Å². The molecule has 0 radical (unpaired) electrons. The fourth-order valence-corrected chi connectivity index (χ4v) is 10.7. The molecule has 0 heterocycles. The lowest BCUT2D eigenvalue weighted by molar-refractivity contribution is -0.167. The zero-order valence-electron chi connectivity index (χ0n) is 53.9. The molecule has 468 valence electrons. The summed E-state index contributed by atoms with van der Waals surface area (Å²) >= 11 is 0. The molecular weight excluding hydrogens is 985 g/mol. The summed E-state index contributed by atoms with van der Waals surface area (Å²) in [6.07, 6.45) is 87.3. The first kappa shape index (κ1) is 77.4. The summed E-state index contributed by atoms with van der Waals surface area (Å²) in [5.41, 5.74) is 0. The zero-order valence-corrected chi connectivity index (χ0v) is 53.9. The lowest BCUT2D eigenvalue weighted by Crippen LogP contribution is -2.30. The molecule has 0 bridgehead atoms. The van der Waals surface area contributed by atoms with Crippen LogP contribution in [0.2, 0.25) is 0 Å². The van der Waals surface area contributed by atoms with Crippen molar-refractivity contribution in [1.82, 2.24) is 0 Å². The van der Waals surface area contributed by atoms with Gasteiger partial charge in [0.25, 0.3) is 0 Å². The van der Waals surface area contributed by atoms with Crippen molar-refractivity contribution in [3.63, 3.8) is 0 Å². The molecule has 0 fully saturated rings. The van der Waals surface area contributed by atoms with Crippen LogP contribution in [0.25, 0.3) is 0 Å². The monoisotopic (exact) mass is 1120 g/mol. The van der Waals surface area contributed by atoms with Crippen LogP contribution in [0.1, 0.15) is 387 Å². The zero-order chi connectivity index (χ0) is 57.8. The van der Waals surface area contributed by atoms with Crippen molar-refractivity contribution in [1.29, 1.82) is 0 Å². The second-order valence-electron chi connectivity index (χ2n) is 24.1. The first-order chi connectivity index (χ1) is 39.5. The SMILES string of the molecule is CCCCC/C=C\C/C=C\CCCCCCCC(=O)OCC(COC(=O)CCCCCCCCCCCCCCCCCCCCCCCCCCCCCCCCCC)OC(=O)CCCCCCC/C=C\C/C=C\CCCCC. The molecule has 0 amide bonds. The van der Waals surface area contributed by atoms with Crippen LogP contribution in [0.3, 0.4) is 0 Å². The van der Waals surface area contributed by atoms with Crippen molar-refractivity contribution in [2.75, 3.05) is 13.2 Å². The Labute approximate surface area is 498 Å². The van der Waals surface area contributed by atoms with Gasteiger partial charge in [0.15, 0.2) is 6.10 Å². The molecule has 1 unspecified atom stereocenters. The Morgan fingerprint density at radius 2 is 0.450 bits per heavy atom. The largest absolute Gasteiger partial charge is 0.462 e. The maximum atomic E-state index is 12.9. The van der Waals surface area contributed by atoms with Crippen molar-refractivity contribution in [3.8, 4) is 0 Å². The van der Waals surface area contributed by atoms with Gasteiger partial charge in [0.2, 0.25) is 0 Å². The van der Waals surface area contributed by atoms with E-state index in [1.54, 1.807) is 0 Å². The van der Waals surface area contributed by atoms with E-state index in [1.807, 2.05) is 0 Å². The smallest absolute Gasteiger partial charge is 0.306 e. The van der Waals surface area contributed by atoms with Crippen LogP contribution in [0.5, 0.6) is 0 Å². The maximum Gasteiger partial charge on any atom is 0.306 e. The molecule has 0 aromatic rings. The Bertz CT molecular complexity index is 1380. The van der Waals surface area contributed by atoms with Crippen LogP contribution >= 0.6 is 0 Å². The second kappa shape index (κ2) is 68.9. The van der Waals surface area contributed by atoms with Gasteiger partial charge in [-0.2, -0.15) is 0 Å². The normalized spacial score (nSPS) is 12.3. The summed E-state index contributed by atoms with van der Waals surface area (Å²) in [4.78, 5) is 38.3. The molecule has 0 aliphatic carbocycles. The van der Waals surface area contributed by atoms with Crippen LogP contribution < -0.4 is 0 Å². The number of hydrogen-bond acceptors (Lipinski definition) is 6. The van der Waals surface area contributed by atoms with E-state index in [1.165, 1.54) is 244 Å². The Hall–Kier alpha value is -2.63. The molecule has 0 spiro atoms. The Morgan fingerprint density at radius 1 is 0.250 bits per heavy atom. The van der Waals surface area contributed by atoms with Gasteiger partial charge in [0, 0.05) is 19.3 Å². The first-order valence-corrected chi connectivity index (χ1v) is 35.6. The van der Waals surface area contributed by atoms with E-state index < -0.39 is 6.10 Å². The van der Waals surface area contributed by atoms with Gasteiger partial charge < -0.3 is 14.2 Å². The minimum absolute atomic E-state index is 0.0800. The van der Waals surface area contributed by atoms with Gasteiger partial charge in [0.1, 0.15) is 13.2 Å². The molecule has 0 aromatic carbocycles. The number of unbranched alkanes of at least 4 members (excludes halogenated alkanes) is 47. The number of ether oxygens (including phenoxy) is 3. The number of carbonyl (C=O) groups is 3. The Morgan fingerprint density at radius 3 is 0.713 bits per heavy atom. The number of rotatable bonds is 66. The third-order valence-corrected chi connectivity index (χ3v) is 16.1. The second-order valence-corrected chi connectivity index (χ2v) is 24.1. The summed E-state index contributed by atoms with van der Waals surface area (Å²) in [7, 11) is 0. The van der Waals surface area contributed by atoms with Crippen LogP contribution in [0.15, 0.2) is 48.6 Å². The van der Waals surface area contributed by atoms with E-state index in [4.69, 9.17) is 14.2 Å². The first-order valence-electron chi connectivity index (χ1n) is 35.6. The number of carbonyl (C=O) groups excluding carboxylic acids is 3. The molecule has 6 heteroatoms. The van der Waals surface area contributed by atoms with Crippen molar-refractivity contribution < 1.29 is 28.6 Å². The summed E-state index contributed by atoms with van der Waals surface area (Å²) in [5, 5.41) is 0. The van der Waals surface area contributed by atoms with Gasteiger partial charge >= 0.3 is 17.9 Å². The standard InChI is InChI=1S/C74H136O6/c1-4-7-10-13-16-19-22-25-28-29-30-31-32-33-34-35-36-37-38-39-40-41-42-43-44-47-49-52-55-58-61-64-67-73(76)79-70-71(80-74(77)68-65-62-59-56-53-50-46-27-24-21-18-15-12-9-6-3)69-78-72(75)66-63-60-57-54-51-48-45-26-23-20-17-14-11-8-5-2/h17-18,20-21,26-27,45-46,71H,4-16,19,22-25,28-44,47-70H2,1-3H3/b20-17-,21-18-,45-26-,46-27-. The van der Waals surface area contributed by atoms with Crippen molar-refractivity contribution in [3.05, 3.63) is 48.6 Å². The number of hydrogen-bond donors (Lipinski definition) is 0. The van der Waals surface area contributed by atoms with E-state index >= 15 is 0 Å². The van der Waals surface area contributed by atoms with E-state index in [9.17, 15) is 14.4 Å². The van der Waals surface area contributed by atoms with Gasteiger partial charge in [-0.15, -0.1) is 0 Å². The van der Waals surface area contributed by atoms with Gasteiger partial charge in [-0.3, -0.25) is 14.4 Å². The van der Waals surface area contributed by atoms with Gasteiger partial charge in [0.05, 0.1) is 0 Å². The molecule has 0 aliphatic heterocycles. The molecule has 0 aliphatic rings. The number of esters is 3. The minimum atomic E-state index is -0.786. The third-order valence-electron chi connectivity index (χ3n) is 16.1. The molecule has 0 saturated carbocycles. The molecule has 1 atom stereocenters. The number of allylic oxidation sites excluding steroid dienone is 8. The fourth-order valence-electron chi connectivity index (χ4n) is 10.7. The Kier molecular flexibility index (Phi) is 66.6. The highest BCUT2D eigenvalue weighted by atomic mass is 16.6. The molecule has 0 aromatic heterocycles. The van der Waals surface area contributed by atoms with Crippen LogP contribution in [-0.4, -0.2) is 37.2 Å². The van der Waals surface area contributed by atoms with Gasteiger partial charge in [-0.1, -0.05) is 333 Å². The third kappa shape index (κ3) is 66.2. The average molecular weight is 1120 g/mol. The fraction of sp³-hybridized carbons (Fsp3) is 0.851. The van der Waals surface area contributed by atoms with E-state index in [0.717, 1.165) is 103 Å². The van der Waals surface area contributed by atoms with Crippen molar-refractivity contribution in [2.24, 2.45) is 0 Å². The summed E-state index contributed by atoms with van der Waals surface area (Å²) in [6, 6.07) is 0. The molecule has 0 saturated heterocycles. The summed E-state index contributed by atoms with van der Waals surface area (Å²) in [5.74, 6) is -0.886. The average Bonchev–Trinajstić information content (AvgIpc) is 3.46. The minimum Gasteiger partial charge on any atom is -0.462 e. The topological polar surface area (TPSA) is 78.9 Å². The highest BCUT2D eigenvalue weighted by molar-refractivity contribution is 5.71. The molecule has 0 rings (SSSR count). The molecule has 80 heavy (non-hydrogen) atoms. The molecule has 0 N–H and O–H groups in total. The van der Waals surface area contributed by atoms with E-state index in [2.05, 4.69) is 69.4 Å². The highest BCUT2D eigenvalue weighted by Crippen LogP contribution is 2.19. The maximum absolute atomic E-state index is 12.9. The summed E-state index contributed by atoms with van der Waals surface area (Å²) in [6.45, 7) is 6.62. The predicted octanol–water partition coefficient (Wildman–Crippen LogP) is 24.5. The molecule has 6 nitrogen and oxygen atoms in total. The lowest BCUT2D eigenvalue weighted by Gasteiger charge is -2.18. The Balaban J connectivity index is 4.14. The van der Waals surface area contributed by atoms with Crippen LogP contribution in [0.4, 0.5) is 0 Å². The van der Waals surface area contributed by atoms with Gasteiger partial charge in [-0.25, -0.2) is 0 Å². The molecular formula is C74H136O6. The van der Waals surface area contributed by atoms with Gasteiger partial charge in [-0.05, 0) is 83.5 Å². The van der Waals surface area contributed by atoms with Crippen molar-refractivity contribution in [2.45, 2.75) is 393 Å².